The van der Waals surface area contributed by atoms with Gasteiger partial charge in [-0.1, -0.05) is 13.8 Å². The number of hydrogen-bond acceptors (Lipinski definition) is 3. The van der Waals surface area contributed by atoms with E-state index >= 15 is 0 Å². The molecule has 2 heterocycles. The van der Waals surface area contributed by atoms with Gasteiger partial charge in [0.15, 0.2) is 0 Å². The van der Waals surface area contributed by atoms with E-state index in [0.29, 0.717) is 5.56 Å². The van der Waals surface area contributed by atoms with Gasteiger partial charge in [-0.25, -0.2) is 0 Å². The molecule has 1 N–H and O–H groups in total. The third-order valence-corrected chi connectivity index (χ3v) is 2.66. The lowest BCUT2D eigenvalue weighted by Gasteiger charge is -2.08. The molecule has 2 aromatic rings. The van der Waals surface area contributed by atoms with Crippen LogP contribution in [0, 0.1) is 12.9 Å². The molecule has 0 aliphatic heterocycles. The second-order valence-corrected chi connectivity index (χ2v) is 4.22. The van der Waals surface area contributed by atoms with E-state index in [0.717, 1.165) is 4.40 Å². The Balaban J connectivity index is 2.95. The molecule has 0 aromatic carbocycles. The molecule has 0 bridgehead atoms. The van der Waals surface area contributed by atoms with Crippen molar-refractivity contribution in [3.8, 4) is 0 Å². The van der Waals surface area contributed by atoms with E-state index in [1.165, 1.54) is 13.1 Å². The highest BCUT2D eigenvalue weighted by Gasteiger charge is 2.12. The Kier molecular flexibility index (Phi) is 2.57. The van der Waals surface area contributed by atoms with Gasteiger partial charge < -0.3 is 0 Å². The summed E-state index contributed by atoms with van der Waals surface area (Å²) in [7, 11) is 0. The van der Waals surface area contributed by atoms with Crippen LogP contribution in [0.2, 0.25) is 0 Å². The Morgan fingerprint density at radius 2 is 2.06 bits per heavy atom. The van der Waals surface area contributed by atoms with Gasteiger partial charge in [0.25, 0.3) is 11.1 Å². The number of aromatic amines is 1. The van der Waals surface area contributed by atoms with Gasteiger partial charge in [-0.05, 0) is 12.8 Å². The summed E-state index contributed by atoms with van der Waals surface area (Å²) < 4.78 is 14.9. The van der Waals surface area contributed by atoms with Crippen LogP contribution in [-0.2, 0) is 0 Å². The van der Waals surface area contributed by atoms with Crippen molar-refractivity contribution < 1.29 is 4.39 Å². The lowest BCUT2D eigenvalue weighted by atomic mass is 10.1. The monoisotopic (exact) mass is 237 g/mol. The molecule has 2 rings (SSSR count). The number of H-pyrrole nitrogens is 1. The second-order valence-electron chi connectivity index (χ2n) is 4.22. The molecule has 17 heavy (non-hydrogen) atoms. The summed E-state index contributed by atoms with van der Waals surface area (Å²) in [6.45, 7) is 5.02. The van der Waals surface area contributed by atoms with Crippen molar-refractivity contribution in [1.29, 1.82) is 0 Å². The fourth-order valence-electron chi connectivity index (χ4n) is 1.57. The molecule has 6 heteroatoms. The molecule has 0 unspecified atom stereocenters. The Morgan fingerprint density at radius 3 is 2.65 bits per heavy atom. The number of nitrogens with zero attached hydrogens (tertiary/aromatic N) is 2. The van der Waals surface area contributed by atoms with Crippen molar-refractivity contribution in [2.45, 2.75) is 26.7 Å². The van der Waals surface area contributed by atoms with Gasteiger partial charge in [0.05, 0.1) is 5.56 Å². The van der Waals surface area contributed by atoms with E-state index in [9.17, 15) is 14.0 Å². The molecule has 0 saturated heterocycles. The average molecular weight is 237 g/mol. The van der Waals surface area contributed by atoms with Crippen molar-refractivity contribution in [2.75, 3.05) is 0 Å². The third kappa shape index (κ3) is 1.75. The first-order valence-electron chi connectivity index (χ1n) is 5.23. The Morgan fingerprint density at radius 1 is 1.41 bits per heavy atom. The summed E-state index contributed by atoms with van der Waals surface area (Å²) in [5.41, 5.74) is -0.642. The predicted octanol–water partition coefficient (Wildman–Crippen LogP) is 0.954. The number of nitrogens with one attached hydrogen (secondary N) is 1. The lowest BCUT2D eigenvalue weighted by molar-refractivity contribution is 0.545. The molecule has 0 fully saturated rings. The minimum atomic E-state index is -0.696. The van der Waals surface area contributed by atoms with Crippen molar-refractivity contribution in [3.05, 3.63) is 44.0 Å². The van der Waals surface area contributed by atoms with Crippen LogP contribution in [0.1, 0.15) is 30.9 Å². The highest BCUT2D eigenvalue weighted by molar-refractivity contribution is 5.31. The largest absolute Gasteiger partial charge is 0.292 e. The summed E-state index contributed by atoms with van der Waals surface area (Å²) >= 11 is 0. The van der Waals surface area contributed by atoms with Gasteiger partial charge in [0.1, 0.15) is 0 Å². The molecular weight excluding hydrogens is 225 g/mol. The van der Waals surface area contributed by atoms with Crippen molar-refractivity contribution >= 4 is 5.78 Å². The third-order valence-electron chi connectivity index (χ3n) is 2.66. The molecule has 0 radical (unpaired) electrons. The zero-order valence-corrected chi connectivity index (χ0v) is 9.74. The Labute approximate surface area is 95.9 Å². The zero-order chi connectivity index (χ0) is 12.7. The molecule has 0 aliphatic carbocycles. The molecule has 90 valence electrons. The highest BCUT2D eigenvalue weighted by Crippen LogP contribution is 2.10. The van der Waals surface area contributed by atoms with Gasteiger partial charge in [0.2, 0.25) is 11.7 Å². The molecular formula is C11H12FN3O2. The van der Waals surface area contributed by atoms with Crippen LogP contribution in [0.3, 0.4) is 0 Å². The summed E-state index contributed by atoms with van der Waals surface area (Å²) in [6.07, 6.45) is 1.38. The van der Waals surface area contributed by atoms with Crippen LogP contribution in [0.25, 0.3) is 5.78 Å². The van der Waals surface area contributed by atoms with Crippen LogP contribution >= 0.6 is 0 Å². The van der Waals surface area contributed by atoms with Crippen LogP contribution in [0.15, 0.2) is 15.8 Å². The standard InChI is InChI=1S/C11H12FN3O2/c1-5(2)7-4-15-8(12)6(3)9(16)13-11(15)14-10(7)17/h4-5H,1-3H3,(H,13,14,16,17). The molecule has 0 saturated carbocycles. The van der Waals surface area contributed by atoms with Crippen molar-refractivity contribution in [2.24, 2.45) is 0 Å². The Hall–Kier alpha value is -1.98. The first-order chi connectivity index (χ1) is 7.91. The molecule has 0 atom stereocenters. The summed E-state index contributed by atoms with van der Waals surface area (Å²) in [5, 5.41) is 0. The normalized spacial score (nSPS) is 11.4. The molecule has 2 aromatic heterocycles. The minimum absolute atomic E-state index is 0.0299. The van der Waals surface area contributed by atoms with Gasteiger partial charge in [-0.3, -0.25) is 19.0 Å². The summed E-state index contributed by atoms with van der Waals surface area (Å²) in [4.78, 5) is 29.0. The van der Waals surface area contributed by atoms with Crippen molar-refractivity contribution in [3.63, 3.8) is 0 Å². The lowest BCUT2D eigenvalue weighted by Crippen LogP contribution is -2.23. The zero-order valence-electron chi connectivity index (χ0n) is 9.74. The molecule has 5 nitrogen and oxygen atoms in total. The maximum absolute atomic E-state index is 13.8. The number of rotatable bonds is 1. The smallest absolute Gasteiger partial charge is 0.277 e. The molecule has 0 spiro atoms. The van der Waals surface area contributed by atoms with Crippen molar-refractivity contribution in [1.82, 2.24) is 14.4 Å². The van der Waals surface area contributed by atoms with Gasteiger partial charge >= 0.3 is 0 Å². The number of aromatic nitrogens is 3. The van der Waals surface area contributed by atoms with E-state index in [1.54, 1.807) is 0 Å². The second kappa shape index (κ2) is 3.80. The minimum Gasteiger partial charge on any atom is -0.292 e. The van der Waals surface area contributed by atoms with Gasteiger partial charge in [-0.2, -0.15) is 9.37 Å². The van der Waals surface area contributed by atoms with Gasteiger partial charge in [0, 0.05) is 11.8 Å². The van der Waals surface area contributed by atoms with E-state index < -0.39 is 17.1 Å². The number of hydrogen-bond donors (Lipinski definition) is 1. The predicted molar refractivity (Wildman–Crippen MR) is 60.9 cm³/mol. The maximum Gasteiger partial charge on any atom is 0.277 e. The summed E-state index contributed by atoms with van der Waals surface area (Å²) in [5.74, 6) is -0.829. The first kappa shape index (κ1) is 11.5. The number of fused-ring (bicyclic) bond motifs is 1. The van der Waals surface area contributed by atoms with Crippen LogP contribution in [0.5, 0.6) is 0 Å². The molecule has 0 aliphatic rings. The van der Waals surface area contributed by atoms with E-state index in [-0.39, 0.29) is 17.3 Å². The Bertz CT molecular complexity index is 700. The summed E-state index contributed by atoms with van der Waals surface area (Å²) in [6, 6.07) is 0. The quantitative estimate of drug-likeness (QED) is 0.751. The fraction of sp³-hybridized carbons (Fsp3) is 0.364. The SMILES string of the molecule is Cc1c(F)n2cc(C(C)C)c(=O)nc2[nH]c1=O. The first-order valence-corrected chi connectivity index (χ1v) is 5.23. The highest BCUT2D eigenvalue weighted by atomic mass is 19.1. The number of halogens is 1. The van der Waals surface area contributed by atoms with Gasteiger partial charge in [-0.15, -0.1) is 0 Å². The van der Waals surface area contributed by atoms with Crippen LogP contribution in [0.4, 0.5) is 4.39 Å². The topological polar surface area (TPSA) is 67.2 Å². The van der Waals surface area contributed by atoms with Crippen LogP contribution < -0.4 is 11.1 Å². The maximum atomic E-state index is 13.8. The molecule has 0 amide bonds. The van der Waals surface area contributed by atoms with Crippen LogP contribution in [-0.4, -0.2) is 14.4 Å². The fourth-order valence-corrected chi connectivity index (χ4v) is 1.57. The average Bonchev–Trinajstić information content (AvgIpc) is 2.25. The van der Waals surface area contributed by atoms with E-state index in [2.05, 4.69) is 9.97 Å². The van der Waals surface area contributed by atoms with E-state index in [4.69, 9.17) is 0 Å². The van der Waals surface area contributed by atoms with E-state index in [1.807, 2.05) is 13.8 Å².